The first-order valence-corrected chi connectivity index (χ1v) is 10.6. The van der Waals surface area contributed by atoms with Crippen LogP contribution >= 0.6 is 0 Å². The molecule has 140 valence electrons. The van der Waals surface area contributed by atoms with Gasteiger partial charge in [-0.2, -0.15) is 4.31 Å². The van der Waals surface area contributed by atoms with Crippen molar-refractivity contribution >= 4 is 15.9 Å². The smallest absolute Gasteiger partial charge is 0.251 e. The van der Waals surface area contributed by atoms with E-state index in [4.69, 9.17) is 5.73 Å². The zero-order valence-electron chi connectivity index (χ0n) is 15.1. The van der Waals surface area contributed by atoms with E-state index in [1.54, 1.807) is 4.31 Å². The van der Waals surface area contributed by atoms with Gasteiger partial charge in [-0.15, -0.1) is 0 Å². The Hall–Kier alpha value is -1.44. The van der Waals surface area contributed by atoms with Gasteiger partial charge < -0.3 is 11.1 Å². The summed E-state index contributed by atoms with van der Waals surface area (Å²) in [6, 6.07) is 7.49. The van der Waals surface area contributed by atoms with E-state index in [-0.39, 0.29) is 23.7 Å². The fourth-order valence-electron chi connectivity index (χ4n) is 3.28. The van der Waals surface area contributed by atoms with Gasteiger partial charge in [-0.3, -0.25) is 4.79 Å². The van der Waals surface area contributed by atoms with Crippen molar-refractivity contribution in [2.75, 3.05) is 18.8 Å². The van der Waals surface area contributed by atoms with E-state index < -0.39 is 10.0 Å². The van der Waals surface area contributed by atoms with Gasteiger partial charge in [0.15, 0.2) is 0 Å². The average molecular weight is 368 g/mol. The molecule has 3 N–H and O–H groups in total. The Morgan fingerprint density at radius 3 is 2.80 bits per heavy atom. The van der Waals surface area contributed by atoms with Crippen molar-refractivity contribution in [2.24, 2.45) is 5.73 Å². The molecule has 2 rings (SSSR count). The molecule has 0 saturated carbocycles. The van der Waals surface area contributed by atoms with E-state index in [0.717, 1.165) is 12.0 Å². The highest BCUT2D eigenvalue weighted by Gasteiger charge is 2.33. The number of hydrogen-bond donors (Lipinski definition) is 2. The van der Waals surface area contributed by atoms with Crippen LogP contribution < -0.4 is 11.1 Å². The number of aryl methyl sites for hydroxylation is 1. The number of hydrogen-bond acceptors (Lipinski definition) is 4. The molecule has 1 fully saturated rings. The average Bonchev–Trinajstić information content (AvgIpc) is 2.60. The molecule has 1 heterocycles. The number of carbonyl (C=O) groups is 1. The second-order valence-corrected chi connectivity index (χ2v) is 8.71. The Labute approximate surface area is 150 Å². The summed E-state index contributed by atoms with van der Waals surface area (Å²) in [5.74, 6) is 0.00114. The van der Waals surface area contributed by atoms with Crippen LogP contribution in [-0.4, -0.2) is 49.6 Å². The fraction of sp³-hybridized carbons (Fsp3) is 0.611. The van der Waals surface area contributed by atoms with Crippen LogP contribution in [0.25, 0.3) is 0 Å². The lowest BCUT2D eigenvalue weighted by Gasteiger charge is -2.37. The lowest BCUT2D eigenvalue weighted by molar-refractivity contribution is 0.0914. The maximum atomic E-state index is 12.5. The molecule has 1 aliphatic rings. The minimum atomic E-state index is -3.27. The van der Waals surface area contributed by atoms with Crippen molar-refractivity contribution in [3.05, 3.63) is 35.4 Å². The van der Waals surface area contributed by atoms with Crippen LogP contribution in [0.2, 0.25) is 0 Å². The third-order valence-corrected chi connectivity index (χ3v) is 6.77. The summed E-state index contributed by atoms with van der Waals surface area (Å²) in [5.41, 5.74) is 7.21. The fourth-order valence-corrected chi connectivity index (χ4v) is 5.06. The van der Waals surface area contributed by atoms with E-state index in [1.165, 1.54) is 0 Å². The van der Waals surface area contributed by atoms with Crippen LogP contribution in [0, 0.1) is 0 Å². The number of benzene rings is 1. The standard InChI is InChI=1S/C18H29N3O3S/c1-3-15-6-4-7-16(13-15)18(22)20-17-8-10-21(14(2)12-17)25(23,24)11-5-9-19/h4,6-7,13-14,17H,3,5,8-12,19H2,1-2H3,(H,20,22)/t14-,17+/m1/s1. The molecule has 1 amide bonds. The third-order valence-electron chi connectivity index (χ3n) is 4.71. The molecule has 0 aliphatic carbocycles. The normalized spacial score (nSPS) is 21.9. The summed E-state index contributed by atoms with van der Waals surface area (Å²) < 4.78 is 26.3. The predicted octanol–water partition coefficient (Wildman–Crippen LogP) is 1.51. The van der Waals surface area contributed by atoms with Crippen LogP contribution in [0.15, 0.2) is 24.3 Å². The summed E-state index contributed by atoms with van der Waals surface area (Å²) in [6.07, 6.45) is 2.61. The summed E-state index contributed by atoms with van der Waals surface area (Å²) in [4.78, 5) is 12.5. The molecule has 0 unspecified atom stereocenters. The molecule has 1 aromatic rings. The molecule has 1 saturated heterocycles. The zero-order valence-corrected chi connectivity index (χ0v) is 15.9. The molecule has 0 bridgehead atoms. The Balaban J connectivity index is 1.95. The quantitative estimate of drug-likeness (QED) is 0.764. The molecule has 7 heteroatoms. The van der Waals surface area contributed by atoms with Crippen LogP contribution in [0.3, 0.4) is 0 Å². The highest BCUT2D eigenvalue weighted by molar-refractivity contribution is 7.89. The number of sulfonamides is 1. The molecular weight excluding hydrogens is 338 g/mol. The van der Waals surface area contributed by atoms with Crippen molar-refractivity contribution in [1.82, 2.24) is 9.62 Å². The van der Waals surface area contributed by atoms with Crippen molar-refractivity contribution in [3.63, 3.8) is 0 Å². The van der Waals surface area contributed by atoms with Gasteiger partial charge in [0.05, 0.1) is 5.75 Å². The topological polar surface area (TPSA) is 92.5 Å². The molecular formula is C18H29N3O3S. The van der Waals surface area contributed by atoms with Gasteiger partial charge in [0.2, 0.25) is 10.0 Å². The van der Waals surface area contributed by atoms with Gasteiger partial charge in [0.25, 0.3) is 5.91 Å². The summed E-state index contributed by atoms with van der Waals surface area (Å²) in [7, 11) is -3.27. The largest absolute Gasteiger partial charge is 0.349 e. The third kappa shape index (κ3) is 5.26. The molecule has 6 nitrogen and oxygen atoms in total. The number of nitrogens with one attached hydrogen (secondary N) is 1. The van der Waals surface area contributed by atoms with E-state index in [1.807, 2.05) is 31.2 Å². The monoisotopic (exact) mass is 367 g/mol. The Bertz CT molecular complexity index is 691. The van der Waals surface area contributed by atoms with Crippen LogP contribution in [0.4, 0.5) is 0 Å². The number of amides is 1. The van der Waals surface area contributed by atoms with Crippen LogP contribution in [-0.2, 0) is 16.4 Å². The maximum absolute atomic E-state index is 12.5. The van der Waals surface area contributed by atoms with Crippen LogP contribution in [0.1, 0.15) is 49.0 Å². The lowest BCUT2D eigenvalue weighted by Crippen LogP contribution is -2.51. The number of nitrogens with two attached hydrogens (primary N) is 1. The van der Waals surface area contributed by atoms with Gasteiger partial charge in [-0.25, -0.2) is 8.42 Å². The Morgan fingerprint density at radius 1 is 1.40 bits per heavy atom. The first-order chi connectivity index (χ1) is 11.9. The van der Waals surface area contributed by atoms with Gasteiger partial charge >= 0.3 is 0 Å². The number of carbonyl (C=O) groups excluding carboxylic acids is 1. The van der Waals surface area contributed by atoms with Gasteiger partial charge in [0.1, 0.15) is 0 Å². The van der Waals surface area contributed by atoms with Crippen molar-refractivity contribution < 1.29 is 13.2 Å². The first-order valence-electron chi connectivity index (χ1n) is 8.96. The highest BCUT2D eigenvalue weighted by atomic mass is 32.2. The van der Waals surface area contributed by atoms with E-state index in [9.17, 15) is 13.2 Å². The molecule has 0 aromatic heterocycles. The van der Waals surface area contributed by atoms with E-state index >= 15 is 0 Å². The number of rotatable bonds is 7. The summed E-state index contributed by atoms with van der Waals surface area (Å²) in [6.45, 7) is 4.76. The van der Waals surface area contributed by atoms with Crippen molar-refractivity contribution in [2.45, 2.75) is 51.6 Å². The SMILES string of the molecule is CCc1cccc(C(=O)N[C@H]2CCN(S(=O)(=O)CCCN)[C@H](C)C2)c1. The molecule has 1 aromatic carbocycles. The van der Waals surface area contributed by atoms with Crippen molar-refractivity contribution in [3.8, 4) is 0 Å². The molecule has 25 heavy (non-hydrogen) atoms. The Morgan fingerprint density at radius 2 is 2.16 bits per heavy atom. The van der Waals surface area contributed by atoms with Crippen LogP contribution in [0.5, 0.6) is 0 Å². The number of piperidine rings is 1. The molecule has 0 radical (unpaired) electrons. The van der Waals surface area contributed by atoms with E-state index in [0.29, 0.717) is 37.9 Å². The van der Waals surface area contributed by atoms with Crippen molar-refractivity contribution in [1.29, 1.82) is 0 Å². The maximum Gasteiger partial charge on any atom is 0.251 e. The van der Waals surface area contributed by atoms with E-state index in [2.05, 4.69) is 12.2 Å². The second kappa shape index (κ2) is 8.78. The summed E-state index contributed by atoms with van der Waals surface area (Å²) in [5, 5.41) is 3.05. The highest BCUT2D eigenvalue weighted by Crippen LogP contribution is 2.22. The second-order valence-electron chi connectivity index (χ2n) is 6.67. The summed E-state index contributed by atoms with van der Waals surface area (Å²) >= 11 is 0. The first kappa shape index (κ1) is 19.9. The van der Waals surface area contributed by atoms with Gasteiger partial charge in [-0.05, 0) is 56.8 Å². The lowest BCUT2D eigenvalue weighted by atomic mass is 10.00. The predicted molar refractivity (Wildman–Crippen MR) is 99.9 cm³/mol. The molecule has 2 atom stereocenters. The molecule has 1 aliphatic heterocycles. The Kier molecular flexibility index (Phi) is 6.98. The minimum Gasteiger partial charge on any atom is -0.349 e. The zero-order chi connectivity index (χ0) is 18.4. The minimum absolute atomic E-state index is 0.00580. The molecule has 0 spiro atoms. The number of nitrogens with zero attached hydrogens (tertiary/aromatic N) is 1. The van der Waals surface area contributed by atoms with Gasteiger partial charge in [-0.1, -0.05) is 19.1 Å². The van der Waals surface area contributed by atoms with Gasteiger partial charge in [0, 0.05) is 24.2 Å².